The highest BCUT2D eigenvalue weighted by Gasteiger charge is 2.19. The van der Waals surface area contributed by atoms with Gasteiger partial charge in [-0.3, -0.25) is 19.9 Å². The van der Waals surface area contributed by atoms with Gasteiger partial charge in [0.1, 0.15) is 5.84 Å². The van der Waals surface area contributed by atoms with Crippen LogP contribution in [0.1, 0.15) is 27.0 Å². The highest BCUT2D eigenvalue weighted by molar-refractivity contribution is 6.05. The summed E-state index contributed by atoms with van der Waals surface area (Å²) in [6.45, 7) is 3.93. The number of morpholine rings is 1. The van der Waals surface area contributed by atoms with Gasteiger partial charge in [0, 0.05) is 43.0 Å². The van der Waals surface area contributed by atoms with Crippen LogP contribution in [0, 0.1) is 5.41 Å². The van der Waals surface area contributed by atoms with Crippen LogP contribution in [-0.2, 0) is 22.5 Å². The van der Waals surface area contributed by atoms with E-state index < -0.39 is 5.97 Å². The Bertz CT molecular complexity index is 994. The van der Waals surface area contributed by atoms with Crippen molar-refractivity contribution in [3.05, 3.63) is 64.7 Å². The van der Waals surface area contributed by atoms with Crippen molar-refractivity contribution < 1.29 is 19.4 Å². The van der Waals surface area contributed by atoms with Crippen molar-refractivity contribution in [2.75, 3.05) is 44.7 Å². The van der Waals surface area contributed by atoms with E-state index in [9.17, 15) is 9.59 Å². The highest BCUT2D eigenvalue weighted by Crippen LogP contribution is 2.23. The number of fused-ring (bicyclic) bond motifs is 1. The SMILES string of the molecule is Cl.Cl.N=C(c1ccc(C(=O)Nc2ccc3c(c2)CN(CC(=O)O)CC3)cc1)N1CCOCC1. The maximum atomic E-state index is 12.7. The molecule has 178 valence electrons. The first-order valence-corrected chi connectivity index (χ1v) is 10.4. The number of amides is 1. The van der Waals surface area contributed by atoms with Crippen molar-refractivity contribution in [2.24, 2.45) is 0 Å². The summed E-state index contributed by atoms with van der Waals surface area (Å²) >= 11 is 0. The first-order chi connectivity index (χ1) is 15.0. The Morgan fingerprint density at radius 2 is 1.64 bits per heavy atom. The number of carbonyl (C=O) groups is 2. The molecular formula is C23H28Cl2N4O4. The molecule has 4 rings (SSSR count). The third-order valence-electron chi connectivity index (χ3n) is 5.66. The summed E-state index contributed by atoms with van der Waals surface area (Å²) < 4.78 is 5.33. The number of rotatable bonds is 5. The van der Waals surface area contributed by atoms with Gasteiger partial charge in [0.05, 0.1) is 19.8 Å². The zero-order valence-corrected chi connectivity index (χ0v) is 19.7. The van der Waals surface area contributed by atoms with Crippen LogP contribution in [0.4, 0.5) is 5.69 Å². The number of nitrogens with one attached hydrogen (secondary N) is 2. The lowest BCUT2D eigenvalue weighted by molar-refractivity contribution is -0.138. The van der Waals surface area contributed by atoms with Gasteiger partial charge in [-0.25, -0.2) is 0 Å². The number of carboxylic acids is 1. The van der Waals surface area contributed by atoms with E-state index in [1.165, 1.54) is 5.56 Å². The van der Waals surface area contributed by atoms with Gasteiger partial charge >= 0.3 is 5.97 Å². The Hall–Kier alpha value is -2.65. The van der Waals surface area contributed by atoms with Crippen molar-refractivity contribution in [1.82, 2.24) is 9.80 Å². The van der Waals surface area contributed by atoms with Gasteiger partial charge in [0.2, 0.25) is 0 Å². The number of hydrogen-bond donors (Lipinski definition) is 3. The van der Waals surface area contributed by atoms with Crippen LogP contribution >= 0.6 is 24.8 Å². The molecule has 0 saturated carbocycles. The van der Waals surface area contributed by atoms with E-state index in [1.54, 1.807) is 24.3 Å². The lowest BCUT2D eigenvalue weighted by Gasteiger charge is -2.29. The predicted molar refractivity (Wildman–Crippen MR) is 131 cm³/mol. The fourth-order valence-corrected chi connectivity index (χ4v) is 3.97. The number of carboxylic acid groups (broad SMARTS) is 1. The lowest BCUT2D eigenvalue weighted by atomic mass is 9.99. The van der Waals surface area contributed by atoms with E-state index in [0.29, 0.717) is 49.9 Å². The van der Waals surface area contributed by atoms with Crippen LogP contribution in [-0.4, -0.2) is 72.0 Å². The number of aliphatic carboxylic acids is 1. The summed E-state index contributed by atoms with van der Waals surface area (Å²) in [7, 11) is 0. The summed E-state index contributed by atoms with van der Waals surface area (Å²) in [5, 5.41) is 20.3. The summed E-state index contributed by atoms with van der Waals surface area (Å²) in [5.41, 5.74) is 4.20. The Balaban J connectivity index is 0.00000193. The Morgan fingerprint density at radius 3 is 2.30 bits per heavy atom. The molecule has 33 heavy (non-hydrogen) atoms. The summed E-state index contributed by atoms with van der Waals surface area (Å²) in [6.07, 6.45) is 0.799. The maximum absolute atomic E-state index is 12.7. The van der Waals surface area contributed by atoms with Crippen LogP contribution in [0.25, 0.3) is 0 Å². The Morgan fingerprint density at radius 1 is 0.970 bits per heavy atom. The van der Waals surface area contributed by atoms with E-state index in [0.717, 1.165) is 24.1 Å². The smallest absolute Gasteiger partial charge is 0.317 e. The van der Waals surface area contributed by atoms with Gasteiger partial charge in [0.15, 0.2) is 0 Å². The van der Waals surface area contributed by atoms with Crippen molar-refractivity contribution in [1.29, 1.82) is 5.41 Å². The van der Waals surface area contributed by atoms with Gasteiger partial charge in [-0.2, -0.15) is 0 Å². The molecule has 1 fully saturated rings. The fraction of sp³-hybridized carbons (Fsp3) is 0.348. The Labute approximate surface area is 205 Å². The summed E-state index contributed by atoms with van der Waals surface area (Å²) in [4.78, 5) is 27.5. The van der Waals surface area contributed by atoms with Crippen LogP contribution < -0.4 is 5.32 Å². The molecule has 2 heterocycles. The standard InChI is InChI=1S/C23H26N4O4.2ClH/c24-22(27-9-11-31-12-10-27)17-1-3-18(4-2-17)23(30)25-20-6-5-16-7-8-26(15-21(28)29)14-19(16)13-20;;/h1-6,13,24H,7-12,14-15H2,(H,25,30)(H,28,29);2*1H. The van der Waals surface area contributed by atoms with Gasteiger partial charge in [0.25, 0.3) is 5.91 Å². The minimum Gasteiger partial charge on any atom is -0.480 e. The lowest BCUT2D eigenvalue weighted by Crippen LogP contribution is -2.40. The molecule has 0 spiro atoms. The van der Waals surface area contributed by atoms with Gasteiger partial charge in [-0.05, 0) is 41.8 Å². The van der Waals surface area contributed by atoms with Crippen LogP contribution in [0.3, 0.4) is 0 Å². The molecule has 2 aromatic carbocycles. The van der Waals surface area contributed by atoms with E-state index >= 15 is 0 Å². The van der Waals surface area contributed by atoms with Gasteiger partial charge < -0.3 is 20.1 Å². The normalized spacial score (nSPS) is 15.5. The Kier molecular flexibility index (Phi) is 9.67. The molecule has 8 nitrogen and oxygen atoms in total. The molecule has 0 aliphatic carbocycles. The first kappa shape index (κ1) is 26.6. The third kappa shape index (κ3) is 6.68. The molecule has 1 saturated heterocycles. The van der Waals surface area contributed by atoms with Crippen LogP contribution in [0.15, 0.2) is 42.5 Å². The number of hydrogen-bond acceptors (Lipinski definition) is 5. The number of amidine groups is 1. The molecular weight excluding hydrogens is 467 g/mol. The largest absolute Gasteiger partial charge is 0.480 e. The minimum atomic E-state index is -0.835. The number of nitrogens with zero attached hydrogens (tertiary/aromatic N) is 2. The van der Waals surface area contributed by atoms with Gasteiger partial charge in [-0.1, -0.05) is 18.2 Å². The fourth-order valence-electron chi connectivity index (χ4n) is 3.97. The minimum absolute atomic E-state index is 0. The zero-order chi connectivity index (χ0) is 21.8. The van der Waals surface area contributed by atoms with E-state index in [1.807, 2.05) is 28.0 Å². The molecule has 10 heteroatoms. The van der Waals surface area contributed by atoms with Crippen LogP contribution in [0.5, 0.6) is 0 Å². The van der Waals surface area contributed by atoms with Crippen molar-refractivity contribution in [3.8, 4) is 0 Å². The van der Waals surface area contributed by atoms with Crippen molar-refractivity contribution in [2.45, 2.75) is 13.0 Å². The quantitative estimate of drug-likeness (QED) is 0.435. The molecule has 3 N–H and O–H groups in total. The summed E-state index contributed by atoms with van der Waals surface area (Å²) in [6, 6.07) is 12.8. The molecule has 0 unspecified atom stereocenters. The van der Waals surface area contributed by atoms with Crippen LogP contribution in [0.2, 0.25) is 0 Å². The average molecular weight is 495 g/mol. The molecule has 1 amide bonds. The third-order valence-corrected chi connectivity index (χ3v) is 5.66. The number of halogens is 2. The molecule has 0 aromatic heterocycles. The monoisotopic (exact) mass is 494 g/mol. The first-order valence-electron chi connectivity index (χ1n) is 10.4. The second-order valence-electron chi connectivity index (χ2n) is 7.82. The molecule has 0 radical (unpaired) electrons. The molecule has 2 aliphatic heterocycles. The van der Waals surface area contributed by atoms with E-state index in [-0.39, 0.29) is 37.3 Å². The van der Waals surface area contributed by atoms with Crippen molar-refractivity contribution in [3.63, 3.8) is 0 Å². The highest BCUT2D eigenvalue weighted by atomic mass is 35.5. The molecule has 2 aromatic rings. The topological polar surface area (TPSA) is 106 Å². The predicted octanol–water partition coefficient (Wildman–Crippen LogP) is 2.88. The number of benzene rings is 2. The second kappa shape index (κ2) is 12.0. The second-order valence-corrected chi connectivity index (χ2v) is 7.82. The van der Waals surface area contributed by atoms with Crippen molar-refractivity contribution >= 4 is 48.2 Å². The molecule has 0 bridgehead atoms. The average Bonchev–Trinajstić information content (AvgIpc) is 2.78. The maximum Gasteiger partial charge on any atom is 0.317 e. The zero-order valence-electron chi connectivity index (χ0n) is 18.1. The number of ether oxygens (including phenoxy) is 1. The number of carbonyl (C=O) groups excluding carboxylic acids is 1. The van der Waals surface area contributed by atoms with E-state index in [4.69, 9.17) is 15.3 Å². The van der Waals surface area contributed by atoms with Gasteiger partial charge in [-0.15, -0.1) is 24.8 Å². The molecule has 0 atom stereocenters. The number of anilines is 1. The summed E-state index contributed by atoms with van der Waals surface area (Å²) in [5.74, 6) is -0.614. The molecule has 2 aliphatic rings. The van der Waals surface area contributed by atoms with E-state index in [2.05, 4.69) is 5.32 Å².